The summed E-state index contributed by atoms with van der Waals surface area (Å²) >= 11 is 5.81. The molecule has 0 saturated carbocycles. The van der Waals surface area contributed by atoms with Gasteiger partial charge in [-0.05, 0) is 12.2 Å². The number of rotatable bonds is 2. The average Bonchev–Trinajstić information content (AvgIpc) is 2.08. The quantitative estimate of drug-likeness (QED) is 0.555. The number of halogens is 1. The SMILES string of the molecule is CC(=O)OC1C=CC=CC1(Cl)C(=O)O. The van der Waals surface area contributed by atoms with Crippen LogP contribution in [0.25, 0.3) is 0 Å². The summed E-state index contributed by atoms with van der Waals surface area (Å²) in [5.41, 5.74) is 0. The average molecular weight is 217 g/mol. The van der Waals surface area contributed by atoms with E-state index in [1.807, 2.05) is 0 Å². The van der Waals surface area contributed by atoms with Gasteiger partial charge in [-0.1, -0.05) is 23.8 Å². The van der Waals surface area contributed by atoms with Crippen molar-refractivity contribution in [2.24, 2.45) is 0 Å². The number of carboxylic acids is 1. The van der Waals surface area contributed by atoms with E-state index >= 15 is 0 Å². The zero-order valence-corrected chi connectivity index (χ0v) is 8.19. The number of allylic oxidation sites excluding steroid dienone is 2. The van der Waals surface area contributed by atoms with Crippen molar-refractivity contribution < 1.29 is 19.4 Å². The van der Waals surface area contributed by atoms with E-state index in [0.717, 1.165) is 0 Å². The van der Waals surface area contributed by atoms with Crippen LogP contribution in [0.2, 0.25) is 0 Å². The van der Waals surface area contributed by atoms with Crippen molar-refractivity contribution in [2.75, 3.05) is 0 Å². The van der Waals surface area contributed by atoms with Gasteiger partial charge in [0.1, 0.15) is 0 Å². The van der Waals surface area contributed by atoms with E-state index in [1.54, 1.807) is 6.08 Å². The summed E-state index contributed by atoms with van der Waals surface area (Å²) < 4.78 is 4.78. The fourth-order valence-corrected chi connectivity index (χ4v) is 1.28. The van der Waals surface area contributed by atoms with Gasteiger partial charge >= 0.3 is 11.9 Å². The van der Waals surface area contributed by atoms with Gasteiger partial charge in [-0.3, -0.25) is 4.79 Å². The molecule has 0 fully saturated rings. The van der Waals surface area contributed by atoms with E-state index < -0.39 is 22.9 Å². The summed E-state index contributed by atoms with van der Waals surface area (Å²) in [4.78, 5) is 19.9. The molecule has 5 heteroatoms. The molecule has 0 amide bonds. The number of hydrogen-bond donors (Lipinski definition) is 1. The first-order valence-corrected chi connectivity index (χ1v) is 4.30. The van der Waals surface area contributed by atoms with Crippen molar-refractivity contribution in [1.29, 1.82) is 0 Å². The number of alkyl halides is 1. The van der Waals surface area contributed by atoms with Crippen molar-refractivity contribution >= 4 is 23.5 Å². The molecule has 0 saturated heterocycles. The topological polar surface area (TPSA) is 63.6 Å². The lowest BCUT2D eigenvalue weighted by atomic mass is 9.96. The lowest BCUT2D eigenvalue weighted by Crippen LogP contribution is -2.45. The first kappa shape index (κ1) is 10.8. The molecule has 0 aromatic heterocycles. The van der Waals surface area contributed by atoms with E-state index in [2.05, 4.69) is 0 Å². The molecule has 2 unspecified atom stereocenters. The predicted molar refractivity (Wildman–Crippen MR) is 50.1 cm³/mol. The van der Waals surface area contributed by atoms with Gasteiger partial charge in [-0.25, -0.2) is 4.79 Å². The third kappa shape index (κ3) is 1.96. The van der Waals surface area contributed by atoms with E-state index in [-0.39, 0.29) is 0 Å². The molecule has 0 aromatic rings. The fraction of sp³-hybridized carbons (Fsp3) is 0.333. The molecule has 0 spiro atoms. The monoisotopic (exact) mass is 216 g/mol. The molecule has 76 valence electrons. The second-order valence-corrected chi connectivity index (χ2v) is 3.47. The van der Waals surface area contributed by atoms with Gasteiger partial charge in [-0.15, -0.1) is 0 Å². The molecular weight excluding hydrogens is 208 g/mol. The van der Waals surface area contributed by atoms with E-state index in [9.17, 15) is 9.59 Å². The van der Waals surface area contributed by atoms with Gasteiger partial charge in [0.05, 0.1) is 0 Å². The third-order valence-electron chi connectivity index (χ3n) is 1.77. The van der Waals surface area contributed by atoms with Crippen LogP contribution < -0.4 is 0 Å². The number of carboxylic acid groups (broad SMARTS) is 1. The highest BCUT2D eigenvalue weighted by Crippen LogP contribution is 2.28. The zero-order valence-electron chi connectivity index (χ0n) is 7.44. The van der Waals surface area contributed by atoms with Crippen molar-refractivity contribution in [1.82, 2.24) is 0 Å². The molecule has 0 radical (unpaired) electrons. The summed E-state index contributed by atoms with van der Waals surface area (Å²) in [6.45, 7) is 1.20. The summed E-state index contributed by atoms with van der Waals surface area (Å²) in [6, 6.07) is 0. The van der Waals surface area contributed by atoms with Crippen molar-refractivity contribution in [3.63, 3.8) is 0 Å². The first-order chi connectivity index (χ1) is 6.47. The Morgan fingerprint density at radius 2 is 2.14 bits per heavy atom. The van der Waals surface area contributed by atoms with E-state index in [4.69, 9.17) is 21.4 Å². The van der Waals surface area contributed by atoms with Gasteiger partial charge in [-0.2, -0.15) is 0 Å². The molecular formula is C9H9ClO4. The number of hydrogen-bond acceptors (Lipinski definition) is 3. The summed E-state index contributed by atoms with van der Waals surface area (Å²) in [5, 5.41) is 8.87. The van der Waals surface area contributed by atoms with Crippen LogP contribution in [0, 0.1) is 0 Å². The molecule has 0 aromatic carbocycles. The Morgan fingerprint density at radius 3 is 2.64 bits per heavy atom. The standard InChI is InChI=1S/C9H9ClO4/c1-6(11)14-7-4-2-3-5-9(7,10)8(12)13/h2-5,7H,1H3,(H,12,13). The van der Waals surface area contributed by atoms with Crippen molar-refractivity contribution in [3.8, 4) is 0 Å². The maximum absolute atomic E-state index is 10.9. The second-order valence-electron chi connectivity index (χ2n) is 2.85. The lowest BCUT2D eigenvalue weighted by molar-refractivity contribution is -0.150. The Kier molecular flexibility index (Phi) is 2.96. The van der Waals surface area contributed by atoms with Crippen LogP contribution in [0.1, 0.15) is 6.92 Å². The molecule has 2 atom stereocenters. The molecule has 14 heavy (non-hydrogen) atoms. The van der Waals surface area contributed by atoms with Crippen LogP contribution in [0.3, 0.4) is 0 Å². The highest BCUT2D eigenvalue weighted by Gasteiger charge is 2.44. The van der Waals surface area contributed by atoms with Crippen LogP contribution in [0.15, 0.2) is 24.3 Å². The summed E-state index contributed by atoms with van der Waals surface area (Å²) in [6.07, 6.45) is 4.83. The van der Waals surface area contributed by atoms with Crippen LogP contribution in [-0.4, -0.2) is 28.0 Å². The molecule has 4 nitrogen and oxygen atoms in total. The molecule has 0 heterocycles. The van der Waals surface area contributed by atoms with Gasteiger partial charge in [0, 0.05) is 6.92 Å². The van der Waals surface area contributed by atoms with Gasteiger partial charge in [0.15, 0.2) is 11.0 Å². The summed E-state index contributed by atoms with van der Waals surface area (Å²) in [5.74, 6) is -1.81. The highest BCUT2D eigenvalue weighted by molar-refractivity contribution is 6.36. The number of esters is 1. The molecule has 0 aliphatic heterocycles. The van der Waals surface area contributed by atoms with Gasteiger partial charge in [0.2, 0.25) is 0 Å². The van der Waals surface area contributed by atoms with Crippen LogP contribution in [-0.2, 0) is 14.3 Å². The van der Waals surface area contributed by atoms with Gasteiger partial charge in [0.25, 0.3) is 0 Å². The minimum Gasteiger partial charge on any atom is -0.480 e. The fourth-order valence-electron chi connectivity index (χ4n) is 1.09. The lowest BCUT2D eigenvalue weighted by Gasteiger charge is -2.27. The van der Waals surface area contributed by atoms with E-state index in [0.29, 0.717) is 0 Å². The Balaban J connectivity index is 2.92. The van der Waals surface area contributed by atoms with E-state index in [1.165, 1.54) is 25.2 Å². The van der Waals surface area contributed by atoms with Crippen LogP contribution in [0.4, 0.5) is 0 Å². The smallest absolute Gasteiger partial charge is 0.333 e. The Hall–Kier alpha value is -1.29. The second kappa shape index (κ2) is 3.84. The van der Waals surface area contributed by atoms with Crippen LogP contribution >= 0.6 is 11.6 Å². The largest absolute Gasteiger partial charge is 0.480 e. The number of carbonyl (C=O) groups is 2. The number of carbonyl (C=O) groups excluding carboxylic acids is 1. The maximum Gasteiger partial charge on any atom is 0.333 e. The number of ether oxygens (including phenoxy) is 1. The highest BCUT2D eigenvalue weighted by atomic mass is 35.5. The zero-order chi connectivity index (χ0) is 10.8. The molecule has 1 aliphatic rings. The van der Waals surface area contributed by atoms with Crippen LogP contribution in [0.5, 0.6) is 0 Å². The maximum atomic E-state index is 10.9. The normalized spacial score (nSPS) is 30.0. The predicted octanol–water partition coefficient (Wildman–Crippen LogP) is 1.11. The molecule has 1 N–H and O–H groups in total. The molecule has 1 rings (SSSR count). The van der Waals surface area contributed by atoms with Crippen molar-refractivity contribution in [3.05, 3.63) is 24.3 Å². The number of aliphatic carboxylic acids is 1. The molecule has 1 aliphatic carbocycles. The van der Waals surface area contributed by atoms with Crippen molar-refractivity contribution in [2.45, 2.75) is 17.9 Å². The minimum atomic E-state index is -1.69. The van der Waals surface area contributed by atoms with Gasteiger partial charge < -0.3 is 9.84 Å². The Labute approximate surface area is 85.8 Å². The third-order valence-corrected chi connectivity index (χ3v) is 2.27. The Morgan fingerprint density at radius 1 is 1.50 bits per heavy atom. The minimum absolute atomic E-state index is 0.568. The summed E-state index contributed by atoms with van der Waals surface area (Å²) in [7, 11) is 0. The molecule has 0 bridgehead atoms. The Bertz CT molecular complexity index is 321. The first-order valence-electron chi connectivity index (χ1n) is 3.92.